The first kappa shape index (κ1) is 10.7. The predicted molar refractivity (Wildman–Crippen MR) is 59.7 cm³/mol. The number of amides is 2. The van der Waals surface area contributed by atoms with E-state index in [0.717, 1.165) is 17.3 Å². The average molecular weight is 226 g/mol. The summed E-state index contributed by atoms with van der Waals surface area (Å²) in [6, 6.07) is 0.626. The van der Waals surface area contributed by atoms with Crippen LogP contribution in [0.4, 0.5) is 4.79 Å². The van der Waals surface area contributed by atoms with Crippen molar-refractivity contribution in [3.05, 3.63) is 12.2 Å². The molecule has 0 unspecified atom stereocenters. The topological polar surface area (TPSA) is 49.4 Å². The number of rotatable bonds is 5. The number of carbonyl (C=O) groups excluding carboxylic acids is 2. The van der Waals surface area contributed by atoms with E-state index in [2.05, 4.69) is 11.9 Å². The first-order valence-electron chi connectivity index (χ1n) is 5.04. The van der Waals surface area contributed by atoms with Crippen molar-refractivity contribution >= 4 is 22.9 Å². The van der Waals surface area contributed by atoms with Crippen LogP contribution < -0.4 is 5.32 Å². The molecule has 0 aromatic rings. The van der Waals surface area contributed by atoms with Gasteiger partial charge in [-0.25, -0.2) is 0 Å². The monoisotopic (exact) mass is 226 g/mol. The van der Waals surface area contributed by atoms with E-state index in [1.807, 2.05) is 0 Å². The van der Waals surface area contributed by atoms with Gasteiger partial charge in [-0.15, -0.1) is 0 Å². The molecule has 4 nitrogen and oxygen atoms in total. The molecule has 1 aliphatic carbocycles. The summed E-state index contributed by atoms with van der Waals surface area (Å²) in [5, 5.41) is 3.16. The van der Waals surface area contributed by atoms with Crippen molar-refractivity contribution in [3.63, 3.8) is 0 Å². The summed E-state index contributed by atoms with van der Waals surface area (Å²) in [6.07, 6.45) is 2.45. The van der Waals surface area contributed by atoms with Crippen molar-refractivity contribution < 1.29 is 9.59 Å². The zero-order valence-corrected chi connectivity index (χ0v) is 9.31. The van der Waals surface area contributed by atoms with E-state index in [4.69, 9.17) is 0 Å². The second-order valence-electron chi connectivity index (χ2n) is 3.94. The summed E-state index contributed by atoms with van der Waals surface area (Å²) < 4.78 is 0. The fourth-order valence-electron chi connectivity index (χ4n) is 1.39. The van der Waals surface area contributed by atoms with E-state index in [1.54, 1.807) is 0 Å². The van der Waals surface area contributed by atoms with E-state index in [1.165, 1.54) is 17.7 Å². The molecule has 2 amide bonds. The molecular formula is C10H14N2O2S. The van der Waals surface area contributed by atoms with Crippen LogP contribution in [-0.4, -0.2) is 40.9 Å². The summed E-state index contributed by atoms with van der Waals surface area (Å²) in [5.74, 6) is 0.180. The van der Waals surface area contributed by atoms with Crippen molar-refractivity contribution in [1.29, 1.82) is 0 Å². The van der Waals surface area contributed by atoms with Gasteiger partial charge in [0.1, 0.15) is 0 Å². The Labute approximate surface area is 93.1 Å². The van der Waals surface area contributed by atoms with Crippen LogP contribution in [0.3, 0.4) is 0 Å². The average Bonchev–Trinajstić information content (AvgIpc) is 2.98. The van der Waals surface area contributed by atoms with E-state index >= 15 is 0 Å². The van der Waals surface area contributed by atoms with Gasteiger partial charge < -0.3 is 5.32 Å². The molecule has 15 heavy (non-hydrogen) atoms. The number of hydrogen-bond acceptors (Lipinski definition) is 4. The third kappa shape index (κ3) is 2.82. The smallest absolute Gasteiger partial charge is 0.289 e. The maximum Gasteiger partial charge on any atom is 0.289 e. The fourth-order valence-corrected chi connectivity index (χ4v) is 2.11. The number of carbonyl (C=O) groups is 2. The molecule has 0 radical (unpaired) electrons. The number of thioether (sulfide) groups is 1. The zero-order valence-electron chi connectivity index (χ0n) is 8.49. The third-order valence-electron chi connectivity index (χ3n) is 2.44. The van der Waals surface area contributed by atoms with Gasteiger partial charge in [0.05, 0.1) is 12.3 Å². The molecule has 1 aliphatic heterocycles. The molecule has 1 saturated carbocycles. The highest BCUT2D eigenvalue weighted by atomic mass is 32.2. The molecule has 0 aromatic heterocycles. The highest BCUT2D eigenvalue weighted by Crippen LogP contribution is 2.21. The first-order valence-corrected chi connectivity index (χ1v) is 6.02. The van der Waals surface area contributed by atoms with Crippen LogP contribution in [0, 0.1) is 0 Å². The quantitative estimate of drug-likeness (QED) is 0.710. The van der Waals surface area contributed by atoms with Crippen LogP contribution in [0.2, 0.25) is 0 Å². The van der Waals surface area contributed by atoms with Crippen molar-refractivity contribution in [2.45, 2.75) is 18.9 Å². The molecule has 0 aromatic carbocycles. The number of nitrogens with one attached hydrogen (secondary N) is 1. The molecule has 1 N–H and O–H groups in total. The molecule has 2 fully saturated rings. The van der Waals surface area contributed by atoms with Gasteiger partial charge in [-0.05, 0) is 18.4 Å². The standard InChI is InChI=1S/C10H14N2O2S/c1-7(4-11-8-2-3-8)5-12-9(13)6-15-10(12)14/h8,11H,1-6H2. The lowest BCUT2D eigenvalue weighted by Crippen LogP contribution is -2.33. The Bertz CT molecular complexity index is 297. The van der Waals surface area contributed by atoms with Gasteiger partial charge in [-0.1, -0.05) is 18.3 Å². The van der Waals surface area contributed by atoms with E-state index in [9.17, 15) is 9.59 Å². The molecule has 82 valence electrons. The van der Waals surface area contributed by atoms with E-state index < -0.39 is 0 Å². The zero-order chi connectivity index (χ0) is 10.8. The maximum atomic E-state index is 11.3. The fraction of sp³-hybridized carbons (Fsp3) is 0.600. The van der Waals surface area contributed by atoms with Gasteiger partial charge in [-0.2, -0.15) is 0 Å². The van der Waals surface area contributed by atoms with Crippen molar-refractivity contribution in [1.82, 2.24) is 10.2 Å². The van der Waals surface area contributed by atoms with Gasteiger partial charge in [0.15, 0.2) is 0 Å². The largest absolute Gasteiger partial charge is 0.310 e. The van der Waals surface area contributed by atoms with Gasteiger partial charge in [0, 0.05) is 12.6 Å². The Kier molecular flexibility index (Phi) is 3.11. The molecule has 0 atom stereocenters. The Balaban J connectivity index is 1.76. The SMILES string of the molecule is C=C(CNC1CC1)CN1C(=O)CSC1=O. The molecule has 0 bridgehead atoms. The Hall–Kier alpha value is -0.810. The summed E-state index contributed by atoms with van der Waals surface area (Å²) in [5.41, 5.74) is 0.895. The van der Waals surface area contributed by atoms with Crippen molar-refractivity contribution in [2.24, 2.45) is 0 Å². The Morgan fingerprint density at radius 1 is 1.53 bits per heavy atom. The Morgan fingerprint density at radius 3 is 2.80 bits per heavy atom. The van der Waals surface area contributed by atoms with Crippen LogP contribution in [0.15, 0.2) is 12.2 Å². The molecule has 1 saturated heterocycles. The van der Waals surface area contributed by atoms with Crippen molar-refractivity contribution in [3.8, 4) is 0 Å². The van der Waals surface area contributed by atoms with Gasteiger partial charge in [-0.3, -0.25) is 14.5 Å². The third-order valence-corrected chi connectivity index (χ3v) is 3.30. The summed E-state index contributed by atoms with van der Waals surface area (Å²) in [7, 11) is 0. The molecule has 2 rings (SSSR count). The highest BCUT2D eigenvalue weighted by molar-refractivity contribution is 8.14. The maximum absolute atomic E-state index is 11.3. The van der Waals surface area contributed by atoms with Crippen LogP contribution in [0.5, 0.6) is 0 Å². The second kappa shape index (κ2) is 4.37. The lowest BCUT2D eigenvalue weighted by molar-refractivity contribution is -0.124. The molecule has 1 heterocycles. The van der Waals surface area contributed by atoms with Gasteiger partial charge in [0.25, 0.3) is 5.24 Å². The highest BCUT2D eigenvalue weighted by Gasteiger charge is 2.30. The van der Waals surface area contributed by atoms with Crippen LogP contribution in [0.1, 0.15) is 12.8 Å². The van der Waals surface area contributed by atoms with Crippen LogP contribution in [0.25, 0.3) is 0 Å². The van der Waals surface area contributed by atoms with Crippen LogP contribution >= 0.6 is 11.8 Å². The number of hydrogen-bond donors (Lipinski definition) is 1. The number of nitrogens with zero attached hydrogens (tertiary/aromatic N) is 1. The van der Waals surface area contributed by atoms with E-state index in [-0.39, 0.29) is 16.9 Å². The lowest BCUT2D eigenvalue weighted by atomic mass is 10.3. The van der Waals surface area contributed by atoms with Crippen LogP contribution in [-0.2, 0) is 4.79 Å². The molecule has 2 aliphatic rings. The first-order chi connectivity index (χ1) is 7.16. The lowest BCUT2D eigenvalue weighted by Gasteiger charge is -2.14. The second-order valence-corrected chi connectivity index (χ2v) is 4.87. The summed E-state index contributed by atoms with van der Waals surface area (Å²) in [4.78, 5) is 23.8. The van der Waals surface area contributed by atoms with E-state index in [0.29, 0.717) is 19.1 Å². The summed E-state index contributed by atoms with van der Waals surface area (Å²) in [6.45, 7) is 4.94. The minimum atomic E-state index is -0.146. The molecule has 5 heteroatoms. The molecular weight excluding hydrogens is 212 g/mol. The van der Waals surface area contributed by atoms with Gasteiger partial charge >= 0.3 is 0 Å². The Morgan fingerprint density at radius 2 is 2.27 bits per heavy atom. The number of imide groups is 1. The predicted octanol–water partition coefficient (Wildman–Crippen LogP) is 0.990. The molecule has 0 spiro atoms. The normalized spacial score (nSPS) is 21.2. The van der Waals surface area contributed by atoms with Gasteiger partial charge in [0.2, 0.25) is 5.91 Å². The summed E-state index contributed by atoms with van der Waals surface area (Å²) >= 11 is 1.07. The minimum absolute atomic E-state index is 0.0995. The van der Waals surface area contributed by atoms with Crippen molar-refractivity contribution in [2.75, 3.05) is 18.8 Å². The minimum Gasteiger partial charge on any atom is -0.310 e.